The quantitative estimate of drug-likeness (QED) is 0.793. The fourth-order valence-electron chi connectivity index (χ4n) is 1.19. The molecule has 0 heterocycles. The maximum absolute atomic E-state index is 13.6. The lowest BCUT2D eigenvalue weighted by atomic mass is 10.1. The van der Waals surface area contributed by atoms with E-state index < -0.39 is 5.97 Å². The standard InChI is InChI=1S/C11H12BrFO2/c1-3-15-9(14)6-8-5-4-7(2)10(12)11(8)13/h4-5H,3,6H2,1-2H3. The third-order valence-electron chi connectivity index (χ3n) is 2.00. The lowest BCUT2D eigenvalue weighted by Crippen LogP contribution is -2.09. The first kappa shape index (κ1) is 12.2. The molecule has 0 aliphatic heterocycles. The van der Waals surface area contributed by atoms with Gasteiger partial charge in [-0.15, -0.1) is 0 Å². The number of carbonyl (C=O) groups is 1. The molecule has 2 nitrogen and oxygen atoms in total. The molecule has 1 rings (SSSR count). The van der Waals surface area contributed by atoms with Crippen LogP contribution in [0.1, 0.15) is 18.1 Å². The monoisotopic (exact) mass is 274 g/mol. The van der Waals surface area contributed by atoms with Crippen LogP contribution in [-0.4, -0.2) is 12.6 Å². The van der Waals surface area contributed by atoms with Crippen LogP contribution in [0, 0.1) is 12.7 Å². The molecule has 0 saturated heterocycles. The number of rotatable bonds is 3. The van der Waals surface area contributed by atoms with Crippen LogP contribution in [0.15, 0.2) is 16.6 Å². The van der Waals surface area contributed by atoms with Gasteiger partial charge in [-0.25, -0.2) is 4.39 Å². The largest absolute Gasteiger partial charge is 0.466 e. The first-order chi connectivity index (χ1) is 7.06. The highest BCUT2D eigenvalue weighted by molar-refractivity contribution is 9.10. The molecule has 0 bridgehead atoms. The minimum absolute atomic E-state index is 0.0292. The smallest absolute Gasteiger partial charge is 0.310 e. The van der Waals surface area contributed by atoms with Crippen molar-refractivity contribution in [3.05, 3.63) is 33.5 Å². The molecule has 15 heavy (non-hydrogen) atoms. The van der Waals surface area contributed by atoms with Crippen molar-refractivity contribution >= 4 is 21.9 Å². The van der Waals surface area contributed by atoms with Gasteiger partial charge in [-0.3, -0.25) is 4.79 Å². The van der Waals surface area contributed by atoms with Gasteiger partial charge in [-0.05, 0) is 35.3 Å². The van der Waals surface area contributed by atoms with Gasteiger partial charge in [0.05, 0.1) is 17.5 Å². The van der Waals surface area contributed by atoms with Crippen LogP contribution in [0.2, 0.25) is 0 Å². The molecule has 82 valence electrons. The number of hydrogen-bond donors (Lipinski definition) is 0. The predicted molar refractivity (Wildman–Crippen MR) is 59.2 cm³/mol. The van der Waals surface area contributed by atoms with E-state index in [0.29, 0.717) is 16.6 Å². The van der Waals surface area contributed by atoms with Crippen LogP contribution in [0.4, 0.5) is 4.39 Å². The summed E-state index contributed by atoms with van der Waals surface area (Å²) in [6.45, 7) is 3.83. The first-order valence-electron chi connectivity index (χ1n) is 4.65. The lowest BCUT2D eigenvalue weighted by molar-refractivity contribution is -0.142. The summed E-state index contributed by atoms with van der Waals surface area (Å²) in [5.41, 5.74) is 1.16. The number of halogens is 2. The topological polar surface area (TPSA) is 26.3 Å². The van der Waals surface area contributed by atoms with Gasteiger partial charge in [0, 0.05) is 5.56 Å². The van der Waals surface area contributed by atoms with Gasteiger partial charge >= 0.3 is 5.97 Å². The highest BCUT2D eigenvalue weighted by Crippen LogP contribution is 2.23. The zero-order chi connectivity index (χ0) is 11.4. The highest BCUT2D eigenvalue weighted by Gasteiger charge is 2.12. The molecule has 0 aromatic heterocycles. The van der Waals surface area contributed by atoms with Gasteiger partial charge in [0.25, 0.3) is 0 Å². The number of ether oxygens (including phenoxy) is 1. The number of hydrogen-bond acceptors (Lipinski definition) is 2. The Morgan fingerprint density at radius 3 is 2.80 bits per heavy atom. The molecule has 1 aromatic rings. The van der Waals surface area contributed by atoms with Crippen LogP contribution in [0.3, 0.4) is 0 Å². The Morgan fingerprint density at radius 1 is 1.53 bits per heavy atom. The number of benzene rings is 1. The summed E-state index contributed by atoms with van der Waals surface area (Å²) in [5, 5.41) is 0. The minimum Gasteiger partial charge on any atom is -0.466 e. The van der Waals surface area contributed by atoms with Gasteiger partial charge in [-0.2, -0.15) is 0 Å². The van der Waals surface area contributed by atoms with E-state index in [1.807, 2.05) is 0 Å². The second-order valence-corrected chi connectivity index (χ2v) is 3.94. The molecule has 0 fully saturated rings. The summed E-state index contributed by atoms with van der Waals surface area (Å²) in [7, 11) is 0. The van der Waals surface area contributed by atoms with E-state index in [1.165, 1.54) is 0 Å². The molecular weight excluding hydrogens is 263 g/mol. The Bertz CT molecular complexity index is 377. The molecule has 0 saturated carbocycles. The van der Waals surface area contributed by atoms with Gasteiger partial charge in [-0.1, -0.05) is 12.1 Å². The third kappa shape index (κ3) is 3.02. The molecule has 0 atom stereocenters. The van der Waals surface area contributed by atoms with E-state index >= 15 is 0 Å². The fraction of sp³-hybridized carbons (Fsp3) is 0.364. The molecule has 0 amide bonds. The van der Waals surface area contributed by atoms with Gasteiger partial charge in [0.2, 0.25) is 0 Å². The van der Waals surface area contributed by atoms with Crippen molar-refractivity contribution in [1.82, 2.24) is 0 Å². The maximum atomic E-state index is 13.6. The van der Waals surface area contributed by atoms with E-state index in [9.17, 15) is 9.18 Å². The number of esters is 1. The Morgan fingerprint density at radius 2 is 2.20 bits per heavy atom. The van der Waals surface area contributed by atoms with Gasteiger partial charge in [0.15, 0.2) is 0 Å². The van der Waals surface area contributed by atoms with Crippen LogP contribution in [-0.2, 0) is 16.0 Å². The summed E-state index contributed by atoms with van der Waals surface area (Å²) >= 11 is 3.13. The predicted octanol–water partition coefficient (Wildman–Crippen LogP) is 3.00. The zero-order valence-corrected chi connectivity index (χ0v) is 10.2. The van der Waals surface area contributed by atoms with Crippen molar-refractivity contribution in [2.24, 2.45) is 0 Å². The summed E-state index contributed by atoms with van der Waals surface area (Å²) in [5.74, 6) is -0.796. The summed E-state index contributed by atoms with van der Waals surface area (Å²) in [6, 6.07) is 3.37. The Hall–Kier alpha value is -0.900. The fourth-order valence-corrected chi connectivity index (χ4v) is 1.58. The SMILES string of the molecule is CCOC(=O)Cc1ccc(C)c(Br)c1F. The van der Waals surface area contributed by atoms with E-state index in [-0.39, 0.29) is 12.2 Å². The summed E-state index contributed by atoms with van der Waals surface area (Å²) in [6.07, 6.45) is -0.0292. The van der Waals surface area contributed by atoms with Crippen molar-refractivity contribution in [1.29, 1.82) is 0 Å². The Kier molecular flexibility index (Phi) is 4.27. The molecule has 0 aliphatic carbocycles. The molecule has 1 aromatic carbocycles. The summed E-state index contributed by atoms with van der Waals surface area (Å²) < 4.78 is 18.8. The highest BCUT2D eigenvalue weighted by atomic mass is 79.9. The van der Waals surface area contributed by atoms with E-state index in [2.05, 4.69) is 15.9 Å². The van der Waals surface area contributed by atoms with Crippen molar-refractivity contribution in [3.8, 4) is 0 Å². The molecule has 4 heteroatoms. The first-order valence-corrected chi connectivity index (χ1v) is 5.44. The molecule has 0 spiro atoms. The Balaban J connectivity index is 2.87. The molecule has 0 N–H and O–H groups in total. The molecule has 0 radical (unpaired) electrons. The third-order valence-corrected chi connectivity index (χ3v) is 2.97. The molecular formula is C11H12BrFO2. The van der Waals surface area contributed by atoms with Crippen LogP contribution < -0.4 is 0 Å². The minimum atomic E-state index is -0.410. The van der Waals surface area contributed by atoms with Crippen LogP contribution in [0.5, 0.6) is 0 Å². The molecule has 0 aliphatic rings. The van der Waals surface area contributed by atoms with Crippen molar-refractivity contribution < 1.29 is 13.9 Å². The summed E-state index contributed by atoms with van der Waals surface area (Å²) in [4.78, 5) is 11.2. The second kappa shape index (κ2) is 5.26. The number of aryl methyl sites for hydroxylation is 1. The van der Waals surface area contributed by atoms with E-state index in [0.717, 1.165) is 5.56 Å². The average Bonchev–Trinajstić information content (AvgIpc) is 2.20. The van der Waals surface area contributed by atoms with E-state index in [1.54, 1.807) is 26.0 Å². The van der Waals surface area contributed by atoms with Crippen molar-refractivity contribution in [2.45, 2.75) is 20.3 Å². The average molecular weight is 275 g/mol. The van der Waals surface area contributed by atoms with Crippen LogP contribution in [0.25, 0.3) is 0 Å². The van der Waals surface area contributed by atoms with Gasteiger partial charge in [0.1, 0.15) is 5.82 Å². The molecule has 0 unspecified atom stereocenters. The maximum Gasteiger partial charge on any atom is 0.310 e. The lowest BCUT2D eigenvalue weighted by Gasteiger charge is -2.06. The van der Waals surface area contributed by atoms with E-state index in [4.69, 9.17) is 4.74 Å². The van der Waals surface area contributed by atoms with Crippen LogP contribution >= 0.6 is 15.9 Å². The number of carbonyl (C=O) groups excluding carboxylic acids is 1. The second-order valence-electron chi connectivity index (χ2n) is 3.15. The van der Waals surface area contributed by atoms with Gasteiger partial charge < -0.3 is 4.74 Å². The van der Waals surface area contributed by atoms with Crippen molar-refractivity contribution in [2.75, 3.05) is 6.61 Å². The zero-order valence-electron chi connectivity index (χ0n) is 8.64. The van der Waals surface area contributed by atoms with Crippen molar-refractivity contribution in [3.63, 3.8) is 0 Å². The Labute approximate surface area is 96.6 Å². The normalized spacial score (nSPS) is 10.1.